The number of carbonyl (C=O) groups is 5. The van der Waals surface area contributed by atoms with E-state index < -0.39 is 36.2 Å². The number of fused-ring (bicyclic) bond motifs is 3. The highest BCUT2D eigenvalue weighted by Gasteiger charge is 2.45. The number of alkyl carbamates (subject to hydrolysis) is 2. The second kappa shape index (κ2) is 19.2. The Kier molecular flexibility index (Phi) is 13.4. The monoisotopic (exact) mass is 929 g/mol. The van der Waals surface area contributed by atoms with E-state index in [1.54, 1.807) is 73.5 Å². The van der Waals surface area contributed by atoms with Gasteiger partial charge in [-0.3, -0.25) is 14.4 Å². The van der Waals surface area contributed by atoms with Crippen LogP contribution in [0.4, 0.5) is 24.1 Å². The second-order valence-corrected chi connectivity index (χ2v) is 18.7. The van der Waals surface area contributed by atoms with Crippen molar-refractivity contribution in [2.45, 2.75) is 84.0 Å². The molecule has 5 aromatic rings. The minimum absolute atomic E-state index is 0.0411. The Labute approximate surface area is 394 Å². The number of carbonyl (C=O) groups excluding carboxylic acids is 5. The molecule has 3 heterocycles. The molecule has 1 aromatic heterocycles. The van der Waals surface area contributed by atoms with Gasteiger partial charge in [-0.15, -0.1) is 0 Å². The van der Waals surface area contributed by atoms with Crippen LogP contribution in [0.25, 0.3) is 44.6 Å². The van der Waals surface area contributed by atoms with Crippen LogP contribution in [-0.4, -0.2) is 95.1 Å². The number of H-pyrrole nitrogens is 1. The number of aromatic amines is 1. The third-order valence-corrected chi connectivity index (χ3v) is 13.3. The third kappa shape index (κ3) is 9.28. The summed E-state index contributed by atoms with van der Waals surface area (Å²) in [6.07, 6.45) is 2.28. The number of benzene rings is 4. The molecule has 3 unspecified atom stereocenters. The van der Waals surface area contributed by atoms with Crippen molar-refractivity contribution in [1.82, 2.24) is 30.4 Å². The second-order valence-electron chi connectivity index (χ2n) is 18.7. The number of ether oxygens (including phenoxy) is 2. The molecule has 68 heavy (non-hydrogen) atoms. The molecule has 8 rings (SSSR count). The molecule has 14 nitrogen and oxygen atoms in total. The van der Waals surface area contributed by atoms with Crippen molar-refractivity contribution in [2.24, 2.45) is 17.8 Å². The number of likely N-dealkylation sites (tertiary alicyclic amines) is 2. The Hall–Kier alpha value is -7.10. The highest BCUT2D eigenvalue weighted by atomic mass is 19.3. The molecule has 2 saturated heterocycles. The van der Waals surface area contributed by atoms with Crippen LogP contribution in [0, 0.1) is 17.8 Å². The number of imidazole rings is 1. The Morgan fingerprint density at radius 2 is 1.28 bits per heavy atom. The lowest BCUT2D eigenvalue weighted by Crippen LogP contribution is -2.54. The van der Waals surface area contributed by atoms with E-state index in [2.05, 4.69) is 20.9 Å². The van der Waals surface area contributed by atoms with E-state index in [0.29, 0.717) is 71.0 Å². The molecule has 0 bridgehead atoms. The van der Waals surface area contributed by atoms with Gasteiger partial charge in [0.1, 0.15) is 23.9 Å². The summed E-state index contributed by atoms with van der Waals surface area (Å²) in [5, 5.41) is 8.21. The van der Waals surface area contributed by atoms with Crippen LogP contribution in [0.5, 0.6) is 0 Å². The smallest absolute Gasteiger partial charge is 0.407 e. The molecule has 1 aliphatic carbocycles. The first kappa shape index (κ1) is 47.4. The van der Waals surface area contributed by atoms with E-state index >= 15 is 8.78 Å². The zero-order valence-corrected chi connectivity index (χ0v) is 39.2. The summed E-state index contributed by atoms with van der Waals surface area (Å²) in [7, 11) is 2.48. The molecule has 5 amide bonds. The van der Waals surface area contributed by atoms with E-state index in [1.807, 2.05) is 51.1 Å². The van der Waals surface area contributed by atoms with Crippen molar-refractivity contribution >= 4 is 35.6 Å². The molecular formula is C52H57F2N7O7. The van der Waals surface area contributed by atoms with E-state index in [9.17, 15) is 24.0 Å². The third-order valence-electron chi connectivity index (χ3n) is 13.3. The van der Waals surface area contributed by atoms with Crippen molar-refractivity contribution in [3.05, 3.63) is 108 Å². The van der Waals surface area contributed by atoms with Gasteiger partial charge < -0.3 is 40.2 Å². The summed E-state index contributed by atoms with van der Waals surface area (Å²) in [4.78, 5) is 76.6. The Morgan fingerprint density at radius 3 is 1.87 bits per heavy atom. The number of hydrogen-bond donors (Lipinski definition) is 4. The first-order valence-electron chi connectivity index (χ1n) is 23.0. The van der Waals surface area contributed by atoms with Gasteiger partial charge in [0.15, 0.2) is 0 Å². The van der Waals surface area contributed by atoms with Gasteiger partial charge in [-0.25, -0.2) is 14.6 Å². The lowest BCUT2D eigenvalue weighted by atomic mass is 9.97. The van der Waals surface area contributed by atoms with Crippen LogP contribution in [0.3, 0.4) is 0 Å². The first-order chi connectivity index (χ1) is 32.5. The maximum atomic E-state index is 16.6. The summed E-state index contributed by atoms with van der Waals surface area (Å²) in [6.45, 7) is 10.2. The molecule has 2 aliphatic heterocycles. The summed E-state index contributed by atoms with van der Waals surface area (Å²) in [5.41, 5.74) is 5.00. The van der Waals surface area contributed by atoms with Crippen LogP contribution in [0.15, 0.2) is 91.1 Å². The fraction of sp³-hybridized carbons (Fsp3) is 0.385. The lowest BCUT2D eigenvalue weighted by molar-refractivity contribution is -0.139. The summed E-state index contributed by atoms with van der Waals surface area (Å²) >= 11 is 0. The molecule has 5 atom stereocenters. The van der Waals surface area contributed by atoms with Gasteiger partial charge in [-0.1, -0.05) is 89.2 Å². The van der Waals surface area contributed by atoms with Crippen LogP contribution in [0.1, 0.15) is 76.9 Å². The molecule has 4 N–H and O–H groups in total. The quantitative estimate of drug-likeness (QED) is 0.0958. The van der Waals surface area contributed by atoms with E-state index in [0.717, 1.165) is 17.5 Å². The van der Waals surface area contributed by atoms with Crippen LogP contribution < -0.4 is 16.0 Å². The summed E-state index contributed by atoms with van der Waals surface area (Å²) in [6, 6.07) is 21.9. The predicted octanol–water partition coefficient (Wildman–Crippen LogP) is 9.13. The van der Waals surface area contributed by atoms with Gasteiger partial charge >= 0.3 is 12.2 Å². The number of aromatic nitrogens is 2. The van der Waals surface area contributed by atoms with Gasteiger partial charge in [-0.2, -0.15) is 8.78 Å². The fourth-order valence-corrected chi connectivity index (χ4v) is 9.71. The van der Waals surface area contributed by atoms with Crippen molar-refractivity contribution in [3.63, 3.8) is 0 Å². The Balaban J connectivity index is 0.981. The van der Waals surface area contributed by atoms with Crippen molar-refractivity contribution < 1.29 is 42.2 Å². The average Bonchev–Trinajstić information content (AvgIpc) is 4.15. The molecule has 356 valence electrons. The highest BCUT2D eigenvalue weighted by Crippen LogP contribution is 2.53. The Morgan fingerprint density at radius 1 is 0.735 bits per heavy atom. The first-order valence-corrected chi connectivity index (χ1v) is 23.0. The maximum absolute atomic E-state index is 16.6. The van der Waals surface area contributed by atoms with Crippen LogP contribution in [-0.2, 0) is 29.8 Å². The molecule has 0 spiro atoms. The molecule has 0 radical (unpaired) electrons. The number of methoxy groups -OCH3 is 2. The normalized spacial score (nSPS) is 19.0. The summed E-state index contributed by atoms with van der Waals surface area (Å²) < 4.78 is 42.8. The predicted molar refractivity (Wildman–Crippen MR) is 253 cm³/mol. The number of nitrogens with one attached hydrogen (secondary N) is 4. The largest absolute Gasteiger partial charge is 0.453 e. The maximum Gasteiger partial charge on any atom is 0.407 e. The van der Waals surface area contributed by atoms with E-state index in [4.69, 9.17) is 14.5 Å². The molecule has 16 heteroatoms. The van der Waals surface area contributed by atoms with Crippen molar-refractivity contribution in [1.29, 1.82) is 0 Å². The molecule has 3 aliphatic rings. The van der Waals surface area contributed by atoms with Crippen LogP contribution in [0.2, 0.25) is 0 Å². The van der Waals surface area contributed by atoms with Gasteiger partial charge in [-0.05, 0) is 101 Å². The molecule has 4 aromatic carbocycles. The molecule has 0 saturated carbocycles. The fourth-order valence-electron chi connectivity index (χ4n) is 9.71. The molecule has 2 fully saturated rings. The number of nitrogens with zero attached hydrogens (tertiary/aromatic N) is 3. The number of halogens is 2. The van der Waals surface area contributed by atoms with E-state index in [1.165, 1.54) is 25.2 Å². The lowest BCUT2D eigenvalue weighted by Gasteiger charge is -2.30. The SMILES string of the molecule is COC(=O)NC(C(=O)N1CCCC1c1nc(-c2cccc(-c3ccc4c(c3)C(F)(F)c3cc(-c5cccc(NC(=O)[C@@H]6CC(C)CN6C(=O)[C@@H](NC(=O)OC)C(C)C)c5)ccc3-4)c2)c[nH]1)C(C)C. The minimum Gasteiger partial charge on any atom is -0.453 e. The number of hydrogen-bond acceptors (Lipinski definition) is 8. The zero-order valence-electron chi connectivity index (χ0n) is 39.2. The zero-order chi connectivity index (χ0) is 48.6. The van der Waals surface area contributed by atoms with Crippen molar-refractivity contribution in [2.75, 3.05) is 32.6 Å². The number of anilines is 1. The topological polar surface area (TPSA) is 175 Å². The van der Waals surface area contributed by atoms with E-state index in [-0.39, 0.29) is 52.6 Å². The average molecular weight is 930 g/mol. The highest BCUT2D eigenvalue weighted by molar-refractivity contribution is 5.99. The standard InChI is InChI=1S/C52H57F2N7O7/c1-28(2)44(58-50(65)67-6)48(63)60-20-10-15-42(60)46-55-26-41(57-46)35-13-8-11-31(22-35)33-16-18-37-38-19-17-34(25-40(38)52(53,54)39(37)24-33)32-12-9-14-36(23-32)56-47(62)43-21-30(5)27-61(43)49(64)45(29(3)4)59-51(66)68-7/h8-9,11-14,16-19,22-26,28-30,42-45H,10,15,20-21,27H2,1-7H3,(H,55,57)(H,56,62)(H,58,65)(H,59,66)/t30?,42?,43-,44?,45-/m0/s1. The van der Waals surface area contributed by atoms with Crippen molar-refractivity contribution in [3.8, 4) is 44.6 Å². The minimum atomic E-state index is -3.31. The number of alkyl halides is 2. The van der Waals surface area contributed by atoms with Gasteiger partial charge in [0.05, 0.1) is 26.0 Å². The Bertz CT molecular complexity index is 2760. The van der Waals surface area contributed by atoms with Gasteiger partial charge in [0, 0.05) is 41.7 Å². The van der Waals surface area contributed by atoms with Gasteiger partial charge in [0.2, 0.25) is 17.7 Å². The number of amides is 5. The molecular weight excluding hydrogens is 873 g/mol. The van der Waals surface area contributed by atoms with Gasteiger partial charge in [0.25, 0.3) is 5.92 Å². The van der Waals surface area contributed by atoms with Crippen LogP contribution >= 0.6 is 0 Å². The number of rotatable bonds is 12. The summed E-state index contributed by atoms with van der Waals surface area (Å²) in [5.74, 6) is -4.04.